The zero-order valence-electron chi connectivity index (χ0n) is 8.77. The number of nitrogens with two attached hydrogens (primary N) is 1. The van der Waals surface area contributed by atoms with Crippen molar-refractivity contribution in [2.45, 2.75) is 13.2 Å². The van der Waals surface area contributed by atoms with Gasteiger partial charge in [0.05, 0.1) is 5.69 Å². The van der Waals surface area contributed by atoms with Crippen molar-refractivity contribution in [3.05, 3.63) is 36.2 Å². The second-order valence-corrected chi connectivity index (χ2v) is 3.25. The fourth-order valence-corrected chi connectivity index (χ4v) is 1.34. The Kier molecular flexibility index (Phi) is 3.34. The second-order valence-electron chi connectivity index (χ2n) is 3.25. The van der Waals surface area contributed by atoms with E-state index in [1.165, 1.54) is 18.4 Å². The summed E-state index contributed by atoms with van der Waals surface area (Å²) in [7, 11) is 0. The molecule has 17 heavy (non-hydrogen) atoms. The summed E-state index contributed by atoms with van der Waals surface area (Å²) in [6, 6.07) is 6.13. The molecular weight excluding hydrogens is 230 g/mol. The minimum Gasteiger partial charge on any atom is -0.444 e. The van der Waals surface area contributed by atoms with Crippen LogP contribution in [0.3, 0.4) is 0 Å². The molecule has 1 aromatic heterocycles. The van der Waals surface area contributed by atoms with E-state index in [2.05, 4.69) is 9.72 Å². The van der Waals surface area contributed by atoms with E-state index in [9.17, 15) is 8.78 Å². The minimum absolute atomic E-state index is 0.0602. The van der Waals surface area contributed by atoms with Crippen LogP contribution in [-0.4, -0.2) is 11.6 Å². The summed E-state index contributed by atoms with van der Waals surface area (Å²) in [6.07, 6.45) is 1.43. The fourth-order valence-electron chi connectivity index (χ4n) is 1.34. The summed E-state index contributed by atoms with van der Waals surface area (Å²) < 4.78 is 33.5. The topological polar surface area (TPSA) is 61.3 Å². The molecule has 1 aromatic carbocycles. The molecule has 90 valence electrons. The van der Waals surface area contributed by atoms with E-state index in [-0.39, 0.29) is 12.3 Å². The van der Waals surface area contributed by atoms with Crippen LogP contribution in [0.2, 0.25) is 0 Å². The van der Waals surface area contributed by atoms with Crippen LogP contribution in [0.4, 0.5) is 8.78 Å². The van der Waals surface area contributed by atoms with Gasteiger partial charge in [0, 0.05) is 12.1 Å². The van der Waals surface area contributed by atoms with Crippen molar-refractivity contribution in [1.29, 1.82) is 0 Å². The molecule has 1 heterocycles. The molecule has 0 bridgehead atoms. The Labute approximate surface area is 96.0 Å². The number of hydrogen-bond acceptors (Lipinski definition) is 4. The standard InChI is InChI=1S/C11H10F2N2O2/c12-11(13)17-9-3-1-2-7(4-9)10-15-8(5-14)6-16-10/h1-4,6,11H,5,14H2. The first-order valence-corrected chi connectivity index (χ1v) is 4.89. The number of aromatic nitrogens is 1. The van der Waals surface area contributed by atoms with E-state index in [0.29, 0.717) is 17.1 Å². The molecule has 0 fully saturated rings. The summed E-state index contributed by atoms with van der Waals surface area (Å²) in [5.74, 6) is 0.384. The molecule has 4 nitrogen and oxygen atoms in total. The zero-order valence-corrected chi connectivity index (χ0v) is 8.77. The number of alkyl halides is 2. The van der Waals surface area contributed by atoms with Gasteiger partial charge in [0.15, 0.2) is 0 Å². The summed E-state index contributed by atoms with van der Waals surface area (Å²) in [5, 5.41) is 0. The van der Waals surface area contributed by atoms with Gasteiger partial charge in [0.25, 0.3) is 0 Å². The van der Waals surface area contributed by atoms with E-state index in [4.69, 9.17) is 10.2 Å². The molecular formula is C11H10F2N2O2. The van der Waals surface area contributed by atoms with Crippen molar-refractivity contribution >= 4 is 0 Å². The van der Waals surface area contributed by atoms with Crippen molar-refractivity contribution in [2.75, 3.05) is 0 Å². The Balaban J connectivity index is 2.26. The Morgan fingerprint density at radius 3 is 2.88 bits per heavy atom. The van der Waals surface area contributed by atoms with Crippen molar-refractivity contribution in [3.63, 3.8) is 0 Å². The lowest BCUT2D eigenvalue weighted by Crippen LogP contribution is -2.01. The highest BCUT2D eigenvalue weighted by Gasteiger charge is 2.09. The van der Waals surface area contributed by atoms with Gasteiger partial charge in [-0.05, 0) is 18.2 Å². The van der Waals surface area contributed by atoms with Gasteiger partial charge in [-0.3, -0.25) is 0 Å². The first-order valence-electron chi connectivity index (χ1n) is 4.89. The van der Waals surface area contributed by atoms with Crippen molar-refractivity contribution in [2.24, 2.45) is 5.73 Å². The van der Waals surface area contributed by atoms with E-state index in [1.54, 1.807) is 12.1 Å². The van der Waals surface area contributed by atoms with Gasteiger partial charge in [-0.25, -0.2) is 4.98 Å². The normalized spacial score (nSPS) is 10.8. The molecule has 0 aliphatic heterocycles. The molecule has 6 heteroatoms. The molecule has 0 aliphatic rings. The summed E-state index contributed by atoms with van der Waals surface area (Å²) in [5.41, 5.74) is 6.55. The molecule has 0 aliphatic carbocycles. The van der Waals surface area contributed by atoms with Crippen LogP contribution in [0, 0.1) is 0 Å². The van der Waals surface area contributed by atoms with Crippen LogP contribution in [0.15, 0.2) is 34.9 Å². The third kappa shape index (κ3) is 2.79. The molecule has 0 radical (unpaired) electrons. The van der Waals surface area contributed by atoms with Gasteiger partial charge in [-0.2, -0.15) is 8.78 Å². The number of halogens is 2. The molecule has 2 rings (SSSR count). The number of benzene rings is 1. The average Bonchev–Trinajstić information content (AvgIpc) is 2.77. The summed E-state index contributed by atoms with van der Waals surface area (Å²) in [4.78, 5) is 4.08. The van der Waals surface area contributed by atoms with Gasteiger partial charge in [0.2, 0.25) is 5.89 Å². The highest BCUT2D eigenvalue weighted by Crippen LogP contribution is 2.24. The zero-order chi connectivity index (χ0) is 12.3. The quantitative estimate of drug-likeness (QED) is 0.891. The lowest BCUT2D eigenvalue weighted by atomic mass is 10.2. The highest BCUT2D eigenvalue weighted by molar-refractivity contribution is 5.55. The second kappa shape index (κ2) is 4.92. The van der Waals surface area contributed by atoms with E-state index in [0.717, 1.165) is 0 Å². The van der Waals surface area contributed by atoms with Gasteiger partial charge in [-0.15, -0.1) is 0 Å². The van der Waals surface area contributed by atoms with E-state index >= 15 is 0 Å². The Morgan fingerprint density at radius 2 is 2.24 bits per heavy atom. The van der Waals surface area contributed by atoms with Crippen LogP contribution >= 0.6 is 0 Å². The predicted molar refractivity (Wildman–Crippen MR) is 56.5 cm³/mol. The Bertz CT molecular complexity index is 500. The lowest BCUT2D eigenvalue weighted by molar-refractivity contribution is -0.0498. The average molecular weight is 240 g/mol. The number of hydrogen-bond donors (Lipinski definition) is 1. The Hall–Kier alpha value is -1.95. The van der Waals surface area contributed by atoms with Crippen LogP contribution < -0.4 is 10.5 Å². The smallest absolute Gasteiger partial charge is 0.387 e. The van der Waals surface area contributed by atoms with Gasteiger partial charge in [-0.1, -0.05) is 6.07 Å². The number of rotatable bonds is 4. The minimum atomic E-state index is -2.85. The van der Waals surface area contributed by atoms with Gasteiger partial charge < -0.3 is 14.9 Å². The fraction of sp³-hybridized carbons (Fsp3) is 0.182. The number of nitrogens with zero attached hydrogens (tertiary/aromatic N) is 1. The maximum Gasteiger partial charge on any atom is 0.387 e. The van der Waals surface area contributed by atoms with Crippen LogP contribution in [-0.2, 0) is 6.54 Å². The largest absolute Gasteiger partial charge is 0.444 e. The van der Waals surface area contributed by atoms with E-state index in [1.807, 2.05) is 0 Å². The van der Waals surface area contributed by atoms with Crippen molar-refractivity contribution < 1.29 is 17.9 Å². The molecule has 0 amide bonds. The first kappa shape index (κ1) is 11.5. The maximum absolute atomic E-state index is 12.0. The van der Waals surface area contributed by atoms with Crippen molar-refractivity contribution in [1.82, 2.24) is 4.98 Å². The molecule has 2 aromatic rings. The summed E-state index contributed by atoms with van der Waals surface area (Å²) >= 11 is 0. The molecule has 2 N–H and O–H groups in total. The maximum atomic E-state index is 12.0. The molecule has 0 spiro atoms. The van der Waals surface area contributed by atoms with Crippen LogP contribution in [0.25, 0.3) is 11.5 Å². The van der Waals surface area contributed by atoms with E-state index < -0.39 is 6.61 Å². The van der Waals surface area contributed by atoms with Crippen LogP contribution in [0.5, 0.6) is 5.75 Å². The SMILES string of the molecule is NCc1coc(-c2cccc(OC(F)F)c2)n1. The Morgan fingerprint density at radius 1 is 1.41 bits per heavy atom. The number of oxazole rings is 1. The highest BCUT2D eigenvalue weighted by atomic mass is 19.3. The molecule has 0 atom stereocenters. The van der Waals surface area contributed by atoms with Crippen molar-refractivity contribution in [3.8, 4) is 17.2 Å². The third-order valence-electron chi connectivity index (χ3n) is 2.07. The third-order valence-corrected chi connectivity index (χ3v) is 2.07. The monoisotopic (exact) mass is 240 g/mol. The van der Waals surface area contributed by atoms with Gasteiger partial charge >= 0.3 is 6.61 Å². The first-order chi connectivity index (χ1) is 8.19. The van der Waals surface area contributed by atoms with Gasteiger partial charge in [0.1, 0.15) is 12.0 Å². The molecule has 0 saturated carbocycles. The lowest BCUT2D eigenvalue weighted by Gasteiger charge is -2.04. The predicted octanol–water partition coefficient (Wildman–Crippen LogP) is 2.40. The molecule has 0 unspecified atom stereocenters. The number of ether oxygens (including phenoxy) is 1. The van der Waals surface area contributed by atoms with Crippen LogP contribution in [0.1, 0.15) is 5.69 Å². The molecule has 0 saturated heterocycles. The summed E-state index contributed by atoms with van der Waals surface area (Å²) in [6.45, 7) is -2.59.